The smallest absolute Gasteiger partial charge is 0.405 e. The normalized spacial score (nSPS) is 17.3. The van der Waals surface area contributed by atoms with Crippen LogP contribution in [0.15, 0.2) is 16.6 Å². The van der Waals surface area contributed by atoms with Gasteiger partial charge in [-0.2, -0.15) is 0 Å². The van der Waals surface area contributed by atoms with Crippen LogP contribution in [0.3, 0.4) is 0 Å². The van der Waals surface area contributed by atoms with E-state index < -0.39 is 23.0 Å². The first-order valence-electron chi connectivity index (χ1n) is 5.15. The zero-order valence-electron chi connectivity index (χ0n) is 9.34. The highest BCUT2D eigenvalue weighted by Gasteiger charge is 2.32. The second kappa shape index (κ2) is 4.84. The number of hydrogen-bond acceptors (Lipinski definition) is 4. The molecule has 0 bridgehead atoms. The van der Waals surface area contributed by atoms with Crippen molar-refractivity contribution in [1.82, 2.24) is 5.32 Å². The summed E-state index contributed by atoms with van der Waals surface area (Å²) in [5, 5.41) is 24.0. The van der Waals surface area contributed by atoms with Crippen LogP contribution in [-0.4, -0.2) is 28.1 Å². The highest BCUT2D eigenvalue weighted by Crippen LogP contribution is 2.35. The molecule has 1 unspecified atom stereocenters. The molecule has 1 aliphatic rings. The van der Waals surface area contributed by atoms with Crippen LogP contribution in [0.4, 0.5) is 16.2 Å². The number of amides is 2. The number of carbonyl (C=O) groups excluding carboxylic acids is 1. The van der Waals surface area contributed by atoms with Crippen molar-refractivity contribution in [1.29, 1.82) is 0 Å². The number of anilines is 1. The van der Waals surface area contributed by atoms with Gasteiger partial charge >= 0.3 is 6.09 Å². The number of nitro groups is 1. The summed E-state index contributed by atoms with van der Waals surface area (Å²) in [6.45, 7) is 0. The van der Waals surface area contributed by atoms with Crippen molar-refractivity contribution < 1.29 is 19.6 Å². The Kier molecular flexibility index (Phi) is 3.38. The number of carboxylic acid groups (broad SMARTS) is 1. The van der Waals surface area contributed by atoms with Gasteiger partial charge in [-0.3, -0.25) is 14.9 Å². The van der Waals surface area contributed by atoms with Crippen LogP contribution in [-0.2, 0) is 11.2 Å². The lowest BCUT2D eigenvalue weighted by Gasteiger charge is -2.24. The quantitative estimate of drug-likeness (QED) is 0.560. The first kappa shape index (κ1) is 13.3. The Morgan fingerprint density at radius 2 is 2.26 bits per heavy atom. The lowest BCUT2D eigenvalue weighted by Crippen LogP contribution is -2.47. The van der Waals surface area contributed by atoms with Crippen LogP contribution in [0.2, 0.25) is 0 Å². The van der Waals surface area contributed by atoms with Crippen molar-refractivity contribution in [2.75, 3.05) is 5.32 Å². The Balaban J connectivity index is 2.43. The Bertz CT molecular complexity index is 589. The summed E-state index contributed by atoms with van der Waals surface area (Å²) in [6, 6.07) is 1.93. The predicted octanol–water partition coefficient (Wildman–Crippen LogP) is 1.49. The third-order valence-corrected chi connectivity index (χ3v) is 3.10. The number of halogens is 1. The van der Waals surface area contributed by atoms with E-state index in [1.54, 1.807) is 6.07 Å². The molecule has 0 saturated heterocycles. The summed E-state index contributed by atoms with van der Waals surface area (Å²) >= 11 is 3.14. The minimum Gasteiger partial charge on any atom is -0.465 e. The number of rotatable bonds is 2. The zero-order chi connectivity index (χ0) is 14.2. The van der Waals surface area contributed by atoms with E-state index in [1.165, 1.54) is 6.07 Å². The van der Waals surface area contributed by atoms with Crippen LogP contribution in [0.5, 0.6) is 0 Å². The van der Waals surface area contributed by atoms with Gasteiger partial charge in [0.25, 0.3) is 5.69 Å². The molecular weight excluding hydrogens is 322 g/mol. The number of benzene rings is 1. The number of fused-ring (bicyclic) bond motifs is 1. The molecule has 19 heavy (non-hydrogen) atoms. The molecule has 0 spiro atoms. The number of carbonyl (C=O) groups is 2. The van der Waals surface area contributed by atoms with Crippen molar-refractivity contribution in [2.24, 2.45) is 0 Å². The first-order valence-corrected chi connectivity index (χ1v) is 5.95. The van der Waals surface area contributed by atoms with Crippen molar-refractivity contribution in [3.63, 3.8) is 0 Å². The van der Waals surface area contributed by atoms with Gasteiger partial charge in [0.15, 0.2) is 0 Å². The van der Waals surface area contributed by atoms with E-state index in [2.05, 4.69) is 26.6 Å². The van der Waals surface area contributed by atoms with Crippen molar-refractivity contribution in [2.45, 2.75) is 12.5 Å². The monoisotopic (exact) mass is 329 g/mol. The Morgan fingerprint density at radius 1 is 1.58 bits per heavy atom. The van der Waals surface area contributed by atoms with Gasteiger partial charge in [0.2, 0.25) is 5.91 Å². The molecule has 9 heteroatoms. The average molecular weight is 330 g/mol. The van der Waals surface area contributed by atoms with Gasteiger partial charge in [-0.15, -0.1) is 0 Å². The van der Waals surface area contributed by atoms with E-state index >= 15 is 0 Å². The van der Waals surface area contributed by atoms with E-state index in [0.29, 0.717) is 10.0 Å². The average Bonchev–Trinajstić information content (AvgIpc) is 2.29. The van der Waals surface area contributed by atoms with Gasteiger partial charge < -0.3 is 15.7 Å². The highest BCUT2D eigenvalue weighted by atomic mass is 79.9. The molecular formula is C10H8BrN3O5. The molecule has 2 rings (SSSR count). The minimum absolute atomic E-state index is 0.0632. The summed E-state index contributed by atoms with van der Waals surface area (Å²) in [5.74, 6) is -0.611. The van der Waals surface area contributed by atoms with Crippen LogP contribution in [0.25, 0.3) is 0 Å². The minimum atomic E-state index is -1.33. The van der Waals surface area contributed by atoms with Crippen molar-refractivity contribution in [3.05, 3.63) is 32.3 Å². The molecule has 3 N–H and O–H groups in total. The molecule has 1 aromatic carbocycles. The summed E-state index contributed by atoms with van der Waals surface area (Å²) in [6.07, 6.45) is -1.26. The number of nitro benzene ring substituents is 1. The maximum atomic E-state index is 11.7. The van der Waals surface area contributed by atoms with E-state index in [9.17, 15) is 19.7 Å². The third kappa shape index (κ3) is 2.65. The lowest BCUT2D eigenvalue weighted by atomic mass is 9.98. The van der Waals surface area contributed by atoms with Gasteiger partial charge in [0, 0.05) is 17.0 Å². The standard InChI is InChI=1S/C10H8BrN3O5/c11-5-1-4-2-6(12-10(16)17)9(15)13-8(4)7(3-5)14(18)19/h1,3,6,12H,2H2,(H,13,15)(H,16,17). The molecule has 100 valence electrons. The molecule has 0 aliphatic carbocycles. The van der Waals surface area contributed by atoms with Gasteiger partial charge in [-0.25, -0.2) is 4.79 Å². The highest BCUT2D eigenvalue weighted by molar-refractivity contribution is 9.10. The van der Waals surface area contributed by atoms with Gasteiger partial charge in [0.05, 0.1) is 4.92 Å². The van der Waals surface area contributed by atoms with Gasteiger partial charge in [-0.05, 0) is 11.6 Å². The Labute approximate surface area is 115 Å². The summed E-state index contributed by atoms with van der Waals surface area (Å²) in [4.78, 5) is 32.6. The topological polar surface area (TPSA) is 122 Å². The van der Waals surface area contributed by atoms with Crippen LogP contribution >= 0.6 is 15.9 Å². The molecule has 2 amide bonds. The number of nitrogens with zero attached hydrogens (tertiary/aromatic N) is 1. The SMILES string of the molecule is O=C(O)NC1Cc2cc(Br)cc([N+](=O)[O-])c2NC1=O. The molecule has 1 aliphatic heterocycles. The molecule has 0 radical (unpaired) electrons. The number of nitrogens with one attached hydrogen (secondary N) is 2. The number of hydrogen-bond donors (Lipinski definition) is 3. The van der Waals surface area contributed by atoms with E-state index in [1.807, 2.05) is 0 Å². The fourth-order valence-electron chi connectivity index (χ4n) is 1.89. The second-order valence-electron chi connectivity index (χ2n) is 3.91. The first-order chi connectivity index (χ1) is 8.88. The van der Waals surface area contributed by atoms with E-state index in [0.717, 1.165) is 0 Å². The molecule has 1 atom stereocenters. The van der Waals surface area contributed by atoms with E-state index in [-0.39, 0.29) is 17.8 Å². The Morgan fingerprint density at radius 3 is 2.84 bits per heavy atom. The summed E-state index contributed by atoms with van der Waals surface area (Å²) in [7, 11) is 0. The largest absolute Gasteiger partial charge is 0.465 e. The van der Waals surface area contributed by atoms with Crippen molar-refractivity contribution >= 4 is 39.3 Å². The second-order valence-corrected chi connectivity index (χ2v) is 4.83. The summed E-state index contributed by atoms with van der Waals surface area (Å²) < 4.78 is 0.489. The third-order valence-electron chi connectivity index (χ3n) is 2.65. The molecule has 0 fully saturated rings. The molecule has 0 aromatic heterocycles. The molecule has 1 heterocycles. The zero-order valence-corrected chi connectivity index (χ0v) is 10.9. The van der Waals surface area contributed by atoms with E-state index in [4.69, 9.17) is 5.11 Å². The van der Waals surface area contributed by atoms with Gasteiger partial charge in [0.1, 0.15) is 11.7 Å². The van der Waals surface area contributed by atoms with Crippen LogP contribution in [0.1, 0.15) is 5.56 Å². The maximum Gasteiger partial charge on any atom is 0.405 e. The fraction of sp³-hybridized carbons (Fsp3) is 0.200. The summed E-state index contributed by atoms with van der Waals surface area (Å²) in [5.41, 5.74) is 0.382. The van der Waals surface area contributed by atoms with Crippen molar-refractivity contribution in [3.8, 4) is 0 Å². The predicted molar refractivity (Wildman–Crippen MR) is 68.1 cm³/mol. The molecule has 1 aromatic rings. The van der Waals surface area contributed by atoms with Gasteiger partial charge in [-0.1, -0.05) is 15.9 Å². The van der Waals surface area contributed by atoms with Crippen LogP contribution in [0, 0.1) is 10.1 Å². The maximum absolute atomic E-state index is 11.7. The fourth-order valence-corrected chi connectivity index (χ4v) is 2.38. The molecule has 8 nitrogen and oxygen atoms in total. The Hall–Kier alpha value is -2.16. The van der Waals surface area contributed by atoms with Crippen LogP contribution < -0.4 is 10.6 Å². The molecule has 0 saturated carbocycles. The lowest BCUT2D eigenvalue weighted by molar-refractivity contribution is -0.384.